The highest BCUT2D eigenvalue weighted by Gasteiger charge is 2.19. The molecule has 2 aromatic rings. The molecule has 2 N–H and O–H groups in total. The molecule has 1 aromatic heterocycles. The van der Waals surface area contributed by atoms with E-state index >= 15 is 0 Å². The molecule has 1 heterocycles. The molecule has 1 aromatic carbocycles. The number of anilines is 1. The van der Waals surface area contributed by atoms with E-state index in [1.54, 1.807) is 14.0 Å². The number of carbonyl (C=O) groups excluding carboxylic acids is 1. The van der Waals surface area contributed by atoms with Crippen LogP contribution in [0.1, 0.15) is 32.9 Å². The molecule has 106 valence electrons. The molecule has 0 aliphatic carbocycles. The third-order valence-electron chi connectivity index (χ3n) is 3.11. The van der Waals surface area contributed by atoms with Crippen LogP contribution in [0.25, 0.3) is 0 Å². The summed E-state index contributed by atoms with van der Waals surface area (Å²) in [6, 6.07) is 6.07. The zero-order chi connectivity index (χ0) is 14.9. The van der Waals surface area contributed by atoms with Gasteiger partial charge in [-0.05, 0) is 26.3 Å². The van der Waals surface area contributed by atoms with E-state index in [4.69, 9.17) is 10.5 Å². The largest absolute Gasteiger partial charge is 0.456 e. The van der Waals surface area contributed by atoms with Crippen LogP contribution >= 0.6 is 0 Å². The van der Waals surface area contributed by atoms with Crippen molar-refractivity contribution < 1.29 is 9.53 Å². The van der Waals surface area contributed by atoms with E-state index in [1.807, 2.05) is 26.0 Å². The molecule has 0 atom stereocenters. The van der Waals surface area contributed by atoms with Crippen molar-refractivity contribution in [3.63, 3.8) is 0 Å². The maximum Gasteiger partial charge on any atom is 0.359 e. The zero-order valence-electron chi connectivity index (χ0n) is 12.2. The molecule has 0 bridgehead atoms. The summed E-state index contributed by atoms with van der Waals surface area (Å²) in [7, 11) is 1.68. The number of esters is 1. The maximum absolute atomic E-state index is 12.1. The number of nitrogen functional groups attached to an aromatic ring is 1. The molecule has 0 fully saturated rings. The topological polar surface area (TPSA) is 70.1 Å². The monoisotopic (exact) mass is 273 g/mol. The molecule has 0 amide bonds. The van der Waals surface area contributed by atoms with Crippen LogP contribution in [0.4, 0.5) is 5.69 Å². The molecule has 2 rings (SSSR count). The molecule has 0 radical (unpaired) electrons. The summed E-state index contributed by atoms with van der Waals surface area (Å²) in [5, 5.41) is 4.11. The standard InChI is InChI=1S/C15H19N3O2/c1-9-5-10(2)7-12(6-9)8-20-15(19)14-13(16)11(3)17-18(14)4/h5-7H,8,16H2,1-4H3. The third-order valence-corrected chi connectivity index (χ3v) is 3.11. The van der Waals surface area contributed by atoms with E-state index < -0.39 is 5.97 Å². The zero-order valence-corrected chi connectivity index (χ0v) is 12.2. The van der Waals surface area contributed by atoms with E-state index in [9.17, 15) is 4.79 Å². The van der Waals surface area contributed by atoms with Crippen LogP contribution in [0.2, 0.25) is 0 Å². The molecule has 5 heteroatoms. The van der Waals surface area contributed by atoms with Gasteiger partial charge in [-0.2, -0.15) is 5.10 Å². The van der Waals surface area contributed by atoms with Crippen LogP contribution in [0.5, 0.6) is 0 Å². The summed E-state index contributed by atoms with van der Waals surface area (Å²) in [6.45, 7) is 6.02. The Morgan fingerprint density at radius 2 is 1.85 bits per heavy atom. The highest BCUT2D eigenvalue weighted by atomic mass is 16.5. The van der Waals surface area contributed by atoms with Gasteiger partial charge in [-0.1, -0.05) is 29.3 Å². The van der Waals surface area contributed by atoms with E-state index in [-0.39, 0.29) is 6.61 Å². The quantitative estimate of drug-likeness (QED) is 0.871. The average Bonchev–Trinajstić information content (AvgIpc) is 2.59. The van der Waals surface area contributed by atoms with Gasteiger partial charge in [0.25, 0.3) is 0 Å². The van der Waals surface area contributed by atoms with Gasteiger partial charge in [0.2, 0.25) is 0 Å². The predicted octanol–water partition coefficient (Wildman–Crippen LogP) is 2.28. The lowest BCUT2D eigenvalue weighted by Gasteiger charge is -2.07. The number of rotatable bonds is 3. The Hall–Kier alpha value is -2.30. The summed E-state index contributed by atoms with van der Waals surface area (Å²) >= 11 is 0. The molecule has 0 unspecified atom stereocenters. The molecule has 0 aliphatic heterocycles. The number of hydrogen-bond donors (Lipinski definition) is 1. The summed E-state index contributed by atoms with van der Waals surface area (Å²) in [5.41, 5.74) is 10.4. The highest BCUT2D eigenvalue weighted by Crippen LogP contribution is 2.17. The minimum atomic E-state index is -0.454. The number of nitrogens with zero attached hydrogens (tertiary/aromatic N) is 2. The number of hydrogen-bond acceptors (Lipinski definition) is 4. The number of carbonyl (C=O) groups is 1. The van der Waals surface area contributed by atoms with Gasteiger partial charge in [0.1, 0.15) is 6.61 Å². The lowest BCUT2D eigenvalue weighted by atomic mass is 10.1. The fourth-order valence-corrected chi connectivity index (χ4v) is 2.29. The Morgan fingerprint density at radius 3 is 2.35 bits per heavy atom. The molecule has 5 nitrogen and oxygen atoms in total. The smallest absolute Gasteiger partial charge is 0.359 e. The maximum atomic E-state index is 12.1. The van der Waals surface area contributed by atoms with Gasteiger partial charge in [-0.3, -0.25) is 4.68 Å². The summed E-state index contributed by atoms with van der Waals surface area (Å²) < 4.78 is 6.77. The number of aromatic nitrogens is 2. The normalized spacial score (nSPS) is 10.6. The van der Waals surface area contributed by atoms with Gasteiger partial charge < -0.3 is 10.5 Å². The SMILES string of the molecule is Cc1cc(C)cc(COC(=O)c2c(N)c(C)nn2C)c1. The highest BCUT2D eigenvalue weighted by molar-refractivity contribution is 5.93. The van der Waals surface area contributed by atoms with E-state index in [1.165, 1.54) is 4.68 Å². The van der Waals surface area contributed by atoms with Crippen molar-refractivity contribution >= 4 is 11.7 Å². The first-order valence-corrected chi connectivity index (χ1v) is 6.42. The average molecular weight is 273 g/mol. The number of benzene rings is 1. The van der Waals surface area contributed by atoms with Crippen LogP contribution < -0.4 is 5.73 Å². The lowest BCUT2D eigenvalue weighted by molar-refractivity contribution is 0.0461. The molecule has 0 saturated heterocycles. The van der Waals surface area contributed by atoms with Gasteiger partial charge in [-0.25, -0.2) is 4.79 Å². The molecule has 0 spiro atoms. The van der Waals surface area contributed by atoms with Gasteiger partial charge in [0.15, 0.2) is 5.69 Å². The first kappa shape index (κ1) is 14.1. The van der Waals surface area contributed by atoms with Gasteiger partial charge in [0.05, 0.1) is 11.4 Å². The summed E-state index contributed by atoms with van der Waals surface area (Å²) in [6.07, 6.45) is 0. The molecule has 20 heavy (non-hydrogen) atoms. The van der Waals surface area contributed by atoms with Crippen molar-refractivity contribution in [3.8, 4) is 0 Å². The van der Waals surface area contributed by atoms with E-state index in [0.29, 0.717) is 17.1 Å². The van der Waals surface area contributed by atoms with Crippen molar-refractivity contribution in [2.24, 2.45) is 7.05 Å². The number of ether oxygens (including phenoxy) is 1. The fourth-order valence-electron chi connectivity index (χ4n) is 2.29. The summed E-state index contributed by atoms with van der Waals surface area (Å²) in [5.74, 6) is -0.454. The second-order valence-electron chi connectivity index (χ2n) is 5.04. The Morgan fingerprint density at radius 1 is 1.25 bits per heavy atom. The molecular formula is C15H19N3O2. The van der Waals surface area contributed by atoms with Crippen molar-refractivity contribution in [3.05, 3.63) is 46.3 Å². The van der Waals surface area contributed by atoms with E-state index in [0.717, 1.165) is 16.7 Å². The first-order chi connectivity index (χ1) is 9.38. The van der Waals surface area contributed by atoms with E-state index in [2.05, 4.69) is 11.2 Å². The second-order valence-corrected chi connectivity index (χ2v) is 5.04. The minimum absolute atomic E-state index is 0.227. The fraction of sp³-hybridized carbons (Fsp3) is 0.333. The Balaban J connectivity index is 2.12. The summed E-state index contributed by atoms with van der Waals surface area (Å²) in [4.78, 5) is 12.1. The van der Waals surface area contributed by atoms with Crippen molar-refractivity contribution in [2.45, 2.75) is 27.4 Å². The van der Waals surface area contributed by atoms with Crippen LogP contribution in [-0.2, 0) is 18.4 Å². The van der Waals surface area contributed by atoms with Gasteiger partial charge >= 0.3 is 5.97 Å². The number of nitrogens with two attached hydrogens (primary N) is 1. The van der Waals surface area contributed by atoms with Crippen molar-refractivity contribution in [2.75, 3.05) is 5.73 Å². The Bertz CT molecular complexity index is 639. The Kier molecular flexibility index (Phi) is 3.79. The second kappa shape index (κ2) is 5.36. The van der Waals surface area contributed by atoms with Crippen LogP contribution in [0.15, 0.2) is 18.2 Å². The van der Waals surface area contributed by atoms with Crippen molar-refractivity contribution in [1.82, 2.24) is 9.78 Å². The third kappa shape index (κ3) is 2.82. The van der Waals surface area contributed by atoms with Crippen molar-refractivity contribution in [1.29, 1.82) is 0 Å². The molecular weight excluding hydrogens is 254 g/mol. The Labute approximate surface area is 118 Å². The first-order valence-electron chi connectivity index (χ1n) is 6.42. The number of aryl methyl sites for hydroxylation is 4. The molecule has 0 aliphatic rings. The minimum Gasteiger partial charge on any atom is -0.456 e. The van der Waals surface area contributed by atoms with Crippen LogP contribution in [0.3, 0.4) is 0 Å². The predicted molar refractivity (Wildman–Crippen MR) is 77.4 cm³/mol. The lowest BCUT2D eigenvalue weighted by Crippen LogP contribution is -2.12. The molecule has 0 saturated carbocycles. The van der Waals surface area contributed by atoms with Crippen LogP contribution in [-0.4, -0.2) is 15.7 Å². The van der Waals surface area contributed by atoms with Gasteiger partial charge in [0, 0.05) is 7.05 Å². The van der Waals surface area contributed by atoms with Gasteiger partial charge in [-0.15, -0.1) is 0 Å². The van der Waals surface area contributed by atoms with Crippen LogP contribution in [0, 0.1) is 20.8 Å².